The molecule has 0 unspecified atom stereocenters. The minimum atomic E-state index is -3.19. The zero-order valence-electron chi connectivity index (χ0n) is 12.8. The molecule has 5 nitrogen and oxygen atoms in total. The third kappa shape index (κ3) is 3.46. The number of nitrogens with one attached hydrogen (secondary N) is 1. The molecule has 122 valence electrons. The quantitative estimate of drug-likeness (QED) is 0.922. The van der Waals surface area contributed by atoms with Crippen molar-refractivity contribution in [2.75, 3.05) is 17.6 Å². The van der Waals surface area contributed by atoms with Crippen LogP contribution in [-0.4, -0.2) is 30.9 Å². The highest BCUT2D eigenvalue weighted by atomic mass is 32.2. The van der Waals surface area contributed by atoms with Crippen LogP contribution in [0.5, 0.6) is 0 Å². The van der Waals surface area contributed by atoms with Crippen molar-refractivity contribution in [3.63, 3.8) is 0 Å². The van der Waals surface area contributed by atoms with E-state index in [2.05, 4.69) is 5.32 Å². The second-order valence-electron chi connectivity index (χ2n) is 5.40. The van der Waals surface area contributed by atoms with Crippen molar-refractivity contribution in [1.29, 1.82) is 0 Å². The zero-order valence-corrected chi connectivity index (χ0v) is 14.4. The van der Waals surface area contributed by atoms with Crippen LogP contribution in [-0.2, 0) is 23.0 Å². The fraction of sp³-hybridized carbons (Fsp3) is 0.312. The Balaban J connectivity index is 1.79. The molecule has 3 rings (SSSR count). The zero-order chi connectivity index (χ0) is 16.4. The monoisotopic (exact) mass is 350 g/mol. The number of amides is 1. The standard InChI is InChI=1S/C16H18N2O3S2/c1-2-23(20,21)18-8-7-12-5-6-14(10-13(12)11-18)17-16(19)15-4-3-9-22-15/h3-6,9-10H,2,7-8,11H2,1H3,(H,17,19). The van der Waals surface area contributed by atoms with Gasteiger partial charge in [-0.25, -0.2) is 8.42 Å². The summed E-state index contributed by atoms with van der Waals surface area (Å²) in [5.74, 6) is -0.0364. The molecule has 0 saturated carbocycles. The number of nitrogens with zero attached hydrogens (tertiary/aromatic N) is 1. The number of hydrogen-bond acceptors (Lipinski definition) is 4. The Bertz CT molecular complexity index is 814. The van der Waals surface area contributed by atoms with E-state index in [1.807, 2.05) is 29.6 Å². The highest BCUT2D eigenvalue weighted by molar-refractivity contribution is 7.89. The minimum absolute atomic E-state index is 0.108. The van der Waals surface area contributed by atoms with E-state index >= 15 is 0 Å². The number of sulfonamides is 1. The summed E-state index contributed by atoms with van der Waals surface area (Å²) in [6.45, 7) is 2.54. The predicted molar refractivity (Wildman–Crippen MR) is 92.3 cm³/mol. The molecular formula is C16H18N2O3S2. The summed E-state index contributed by atoms with van der Waals surface area (Å²) >= 11 is 1.39. The van der Waals surface area contributed by atoms with Gasteiger partial charge in [0, 0.05) is 18.8 Å². The first-order valence-corrected chi connectivity index (χ1v) is 9.93. The van der Waals surface area contributed by atoms with Gasteiger partial charge >= 0.3 is 0 Å². The third-order valence-electron chi connectivity index (χ3n) is 3.94. The molecule has 0 spiro atoms. The molecule has 0 fully saturated rings. The van der Waals surface area contributed by atoms with Crippen LogP contribution in [0, 0.1) is 0 Å². The largest absolute Gasteiger partial charge is 0.321 e. The van der Waals surface area contributed by atoms with Crippen LogP contribution in [0.25, 0.3) is 0 Å². The Labute approximate surface area is 140 Å². The van der Waals surface area contributed by atoms with Crippen molar-refractivity contribution < 1.29 is 13.2 Å². The summed E-state index contributed by atoms with van der Waals surface area (Å²) in [6.07, 6.45) is 0.702. The van der Waals surface area contributed by atoms with Gasteiger partial charge in [-0.1, -0.05) is 12.1 Å². The second kappa shape index (κ2) is 6.43. The number of carbonyl (C=O) groups excluding carboxylic acids is 1. The summed E-state index contributed by atoms with van der Waals surface area (Å²) in [5.41, 5.74) is 2.79. The molecule has 7 heteroatoms. The van der Waals surface area contributed by atoms with E-state index in [1.165, 1.54) is 15.6 Å². The van der Waals surface area contributed by atoms with Gasteiger partial charge in [-0.15, -0.1) is 11.3 Å². The van der Waals surface area contributed by atoms with Gasteiger partial charge in [0.25, 0.3) is 5.91 Å². The maximum Gasteiger partial charge on any atom is 0.265 e. The van der Waals surface area contributed by atoms with Gasteiger partial charge in [-0.3, -0.25) is 4.79 Å². The first kappa shape index (κ1) is 16.2. The lowest BCUT2D eigenvalue weighted by molar-refractivity contribution is 0.103. The fourth-order valence-corrected chi connectivity index (χ4v) is 4.32. The van der Waals surface area contributed by atoms with Gasteiger partial charge in [-0.2, -0.15) is 4.31 Å². The Morgan fingerprint density at radius 1 is 1.30 bits per heavy atom. The van der Waals surface area contributed by atoms with Gasteiger partial charge in [0.2, 0.25) is 10.0 Å². The fourth-order valence-electron chi connectivity index (χ4n) is 2.63. The lowest BCUT2D eigenvalue weighted by Gasteiger charge is -2.28. The van der Waals surface area contributed by atoms with E-state index in [4.69, 9.17) is 0 Å². The van der Waals surface area contributed by atoms with Gasteiger partial charge in [0.1, 0.15) is 0 Å². The Morgan fingerprint density at radius 2 is 2.13 bits per heavy atom. The van der Waals surface area contributed by atoms with E-state index in [0.717, 1.165) is 11.1 Å². The van der Waals surface area contributed by atoms with Crippen molar-refractivity contribution >= 4 is 33.0 Å². The van der Waals surface area contributed by atoms with Crippen LogP contribution in [0.3, 0.4) is 0 Å². The average Bonchev–Trinajstić information content (AvgIpc) is 3.08. The van der Waals surface area contributed by atoms with Crippen molar-refractivity contribution in [3.8, 4) is 0 Å². The van der Waals surface area contributed by atoms with E-state index in [-0.39, 0.29) is 11.7 Å². The van der Waals surface area contributed by atoms with Crippen molar-refractivity contribution in [3.05, 3.63) is 51.7 Å². The summed E-state index contributed by atoms with van der Waals surface area (Å²) in [6, 6.07) is 9.32. The summed E-state index contributed by atoms with van der Waals surface area (Å²) < 4.78 is 25.6. The summed E-state index contributed by atoms with van der Waals surface area (Å²) in [7, 11) is -3.19. The van der Waals surface area contributed by atoms with Crippen molar-refractivity contribution in [2.45, 2.75) is 19.9 Å². The van der Waals surface area contributed by atoms with Gasteiger partial charge in [0.15, 0.2) is 0 Å². The van der Waals surface area contributed by atoms with E-state index in [0.29, 0.717) is 30.1 Å². The second-order valence-corrected chi connectivity index (χ2v) is 8.60. The molecule has 2 heterocycles. The molecule has 2 aromatic rings. The van der Waals surface area contributed by atoms with Crippen molar-refractivity contribution in [2.24, 2.45) is 0 Å². The van der Waals surface area contributed by atoms with Crippen LogP contribution in [0.2, 0.25) is 0 Å². The van der Waals surface area contributed by atoms with Crippen LogP contribution in [0.4, 0.5) is 5.69 Å². The number of carbonyl (C=O) groups is 1. The Morgan fingerprint density at radius 3 is 2.83 bits per heavy atom. The molecule has 1 aliphatic rings. The lowest BCUT2D eigenvalue weighted by Crippen LogP contribution is -2.36. The topological polar surface area (TPSA) is 66.5 Å². The highest BCUT2D eigenvalue weighted by Gasteiger charge is 2.25. The first-order chi connectivity index (χ1) is 11.0. The molecule has 23 heavy (non-hydrogen) atoms. The number of anilines is 1. The molecule has 1 N–H and O–H groups in total. The van der Waals surface area contributed by atoms with Gasteiger partial charge in [0.05, 0.1) is 10.6 Å². The summed E-state index contributed by atoms with van der Waals surface area (Å²) in [5, 5.41) is 4.72. The number of hydrogen-bond donors (Lipinski definition) is 1. The summed E-state index contributed by atoms with van der Waals surface area (Å²) in [4.78, 5) is 12.8. The van der Waals surface area contributed by atoms with Crippen LogP contribution in [0.1, 0.15) is 27.7 Å². The van der Waals surface area contributed by atoms with Crippen molar-refractivity contribution in [1.82, 2.24) is 4.31 Å². The molecule has 0 aliphatic carbocycles. The molecule has 0 radical (unpaired) electrons. The molecule has 1 aliphatic heterocycles. The first-order valence-electron chi connectivity index (χ1n) is 7.44. The van der Waals surface area contributed by atoms with Crippen LogP contribution < -0.4 is 5.32 Å². The number of thiophene rings is 1. The molecular weight excluding hydrogens is 332 g/mol. The molecule has 1 aromatic heterocycles. The minimum Gasteiger partial charge on any atom is -0.321 e. The number of fused-ring (bicyclic) bond motifs is 1. The number of rotatable bonds is 4. The van der Waals surface area contributed by atoms with Crippen LogP contribution in [0.15, 0.2) is 35.7 Å². The molecule has 0 bridgehead atoms. The lowest BCUT2D eigenvalue weighted by atomic mass is 10.0. The predicted octanol–water partition coefficient (Wildman–Crippen LogP) is 2.71. The molecule has 1 aromatic carbocycles. The molecule has 0 saturated heterocycles. The maximum atomic E-state index is 12.1. The van der Waals surface area contributed by atoms with Crippen LogP contribution >= 0.6 is 11.3 Å². The Hall–Kier alpha value is -1.70. The highest BCUT2D eigenvalue weighted by Crippen LogP contribution is 2.25. The van der Waals surface area contributed by atoms with E-state index in [1.54, 1.807) is 13.0 Å². The van der Waals surface area contributed by atoms with Gasteiger partial charge in [-0.05, 0) is 48.1 Å². The molecule has 0 atom stereocenters. The number of benzene rings is 1. The van der Waals surface area contributed by atoms with Gasteiger partial charge < -0.3 is 5.32 Å². The van der Waals surface area contributed by atoms with E-state index < -0.39 is 10.0 Å². The normalized spacial score (nSPS) is 15.2. The molecule has 1 amide bonds. The SMILES string of the molecule is CCS(=O)(=O)N1CCc2ccc(NC(=O)c3cccs3)cc2C1. The smallest absolute Gasteiger partial charge is 0.265 e. The van der Waals surface area contributed by atoms with E-state index in [9.17, 15) is 13.2 Å². The average molecular weight is 350 g/mol. The maximum absolute atomic E-state index is 12.1. The third-order valence-corrected chi connectivity index (χ3v) is 6.64. The Kier molecular flexibility index (Phi) is 4.52.